The number of hydrogen-bond donors (Lipinski definition) is 2. The molecule has 2 nitrogen and oxygen atoms in total. The second kappa shape index (κ2) is 6.83. The number of thiocarbonyl (C=S) groups is 1. The Balaban J connectivity index is 1.94. The van der Waals surface area contributed by atoms with Crippen molar-refractivity contribution in [2.75, 3.05) is 5.32 Å². The predicted octanol–water partition coefficient (Wildman–Crippen LogP) is 4.41. The SMILES string of the molecule is Cc1cc(Cl)ccc1NC(=S)NCc1ccc(F)c(F)c1. The molecule has 0 aliphatic rings. The number of nitrogens with one attached hydrogen (secondary N) is 2. The van der Waals surface area contributed by atoms with Gasteiger partial charge in [-0.2, -0.15) is 0 Å². The first kappa shape index (κ1) is 15.7. The number of aryl methyl sites for hydroxylation is 1. The molecule has 0 spiro atoms. The number of hydrogen-bond acceptors (Lipinski definition) is 1. The largest absolute Gasteiger partial charge is 0.358 e. The zero-order chi connectivity index (χ0) is 15.4. The third-order valence-electron chi connectivity index (χ3n) is 2.87. The van der Waals surface area contributed by atoms with E-state index in [1.807, 2.05) is 19.1 Å². The van der Waals surface area contributed by atoms with E-state index in [0.29, 0.717) is 22.2 Å². The van der Waals surface area contributed by atoms with E-state index in [1.54, 1.807) is 6.07 Å². The lowest BCUT2D eigenvalue weighted by molar-refractivity contribution is 0.507. The monoisotopic (exact) mass is 326 g/mol. The van der Waals surface area contributed by atoms with Crippen molar-refractivity contribution in [3.8, 4) is 0 Å². The summed E-state index contributed by atoms with van der Waals surface area (Å²) in [6.07, 6.45) is 0. The molecular weight excluding hydrogens is 314 g/mol. The molecule has 0 aliphatic carbocycles. The van der Waals surface area contributed by atoms with Crippen LogP contribution in [0.25, 0.3) is 0 Å². The van der Waals surface area contributed by atoms with Crippen molar-refractivity contribution < 1.29 is 8.78 Å². The lowest BCUT2D eigenvalue weighted by Crippen LogP contribution is -2.28. The van der Waals surface area contributed by atoms with Crippen molar-refractivity contribution in [3.05, 3.63) is 64.2 Å². The molecule has 2 aromatic carbocycles. The van der Waals surface area contributed by atoms with Crippen molar-refractivity contribution in [2.24, 2.45) is 0 Å². The minimum atomic E-state index is -0.873. The molecule has 21 heavy (non-hydrogen) atoms. The number of halogens is 3. The van der Waals surface area contributed by atoms with Crippen molar-refractivity contribution in [3.63, 3.8) is 0 Å². The van der Waals surface area contributed by atoms with E-state index in [-0.39, 0.29) is 0 Å². The summed E-state index contributed by atoms with van der Waals surface area (Å²) in [6.45, 7) is 2.21. The highest BCUT2D eigenvalue weighted by Gasteiger charge is 2.04. The first-order chi connectivity index (χ1) is 9.95. The second-order valence-corrected chi connectivity index (χ2v) is 5.36. The van der Waals surface area contributed by atoms with Gasteiger partial charge < -0.3 is 10.6 Å². The van der Waals surface area contributed by atoms with E-state index in [2.05, 4.69) is 10.6 Å². The molecule has 0 unspecified atom stereocenters. The third kappa shape index (κ3) is 4.37. The average Bonchev–Trinajstić information content (AvgIpc) is 2.43. The highest BCUT2D eigenvalue weighted by atomic mass is 35.5. The van der Waals surface area contributed by atoms with Crippen LogP contribution in [0.1, 0.15) is 11.1 Å². The fourth-order valence-corrected chi connectivity index (χ4v) is 2.17. The van der Waals surface area contributed by atoms with E-state index < -0.39 is 11.6 Å². The Morgan fingerprint density at radius 3 is 2.57 bits per heavy atom. The Labute approximate surface area is 132 Å². The Morgan fingerprint density at radius 1 is 1.14 bits per heavy atom. The minimum Gasteiger partial charge on any atom is -0.358 e. The van der Waals surface area contributed by atoms with Gasteiger partial charge in [0.1, 0.15) is 0 Å². The normalized spacial score (nSPS) is 10.3. The van der Waals surface area contributed by atoms with Gasteiger partial charge in [0.15, 0.2) is 16.7 Å². The van der Waals surface area contributed by atoms with Crippen molar-refractivity contribution in [1.82, 2.24) is 5.32 Å². The summed E-state index contributed by atoms with van der Waals surface area (Å²) in [5.74, 6) is -1.74. The van der Waals surface area contributed by atoms with Gasteiger partial charge in [0.25, 0.3) is 0 Å². The Bertz CT molecular complexity index is 677. The van der Waals surface area contributed by atoms with E-state index in [9.17, 15) is 8.78 Å². The van der Waals surface area contributed by atoms with E-state index in [4.69, 9.17) is 23.8 Å². The van der Waals surface area contributed by atoms with Crippen LogP contribution >= 0.6 is 23.8 Å². The maximum Gasteiger partial charge on any atom is 0.171 e. The van der Waals surface area contributed by atoms with Crippen molar-refractivity contribution in [2.45, 2.75) is 13.5 Å². The van der Waals surface area contributed by atoms with Crippen molar-refractivity contribution >= 4 is 34.6 Å². The van der Waals surface area contributed by atoms with Gasteiger partial charge in [-0.05, 0) is 60.6 Å². The number of rotatable bonds is 3. The summed E-state index contributed by atoms with van der Waals surface area (Å²) in [6, 6.07) is 9.13. The predicted molar refractivity (Wildman–Crippen MR) is 85.6 cm³/mol. The van der Waals surface area contributed by atoms with Crippen LogP contribution in [0.15, 0.2) is 36.4 Å². The number of benzene rings is 2. The molecule has 0 heterocycles. The van der Waals surface area contributed by atoms with Crippen LogP contribution in [0.3, 0.4) is 0 Å². The molecule has 2 rings (SSSR count). The molecule has 0 aromatic heterocycles. The molecule has 0 radical (unpaired) electrons. The maximum absolute atomic E-state index is 13.1. The van der Waals surface area contributed by atoms with Crippen LogP contribution in [0.2, 0.25) is 5.02 Å². The molecule has 0 fully saturated rings. The van der Waals surface area contributed by atoms with Crippen LogP contribution in [-0.2, 0) is 6.54 Å². The molecule has 0 aliphatic heterocycles. The standard InChI is InChI=1S/C15H13ClF2N2S/c1-9-6-11(16)3-5-14(9)20-15(21)19-8-10-2-4-12(17)13(18)7-10/h2-7H,8H2,1H3,(H2,19,20,21). The van der Waals surface area contributed by atoms with Crippen LogP contribution in [0.4, 0.5) is 14.5 Å². The molecular formula is C15H13ClF2N2S. The molecule has 0 bridgehead atoms. The average molecular weight is 327 g/mol. The van der Waals surface area contributed by atoms with E-state index >= 15 is 0 Å². The quantitative estimate of drug-likeness (QED) is 0.817. The molecule has 6 heteroatoms. The Hall–Kier alpha value is -1.72. The third-order valence-corrected chi connectivity index (χ3v) is 3.36. The van der Waals surface area contributed by atoms with E-state index in [0.717, 1.165) is 23.4 Å². The summed E-state index contributed by atoms with van der Waals surface area (Å²) in [5, 5.41) is 7.01. The van der Waals surface area contributed by atoms with Gasteiger partial charge in [-0.25, -0.2) is 8.78 Å². The van der Waals surface area contributed by atoms with Crippen LogP contribution in [-0.4, -0.2) is 5.11 Å². The number of anilines is 1. The fourth-order valence-electron chi connectivity index (χ4n) is 1.77. The van der Waals surface area contributed by atoms with Gasteiger partial charge in [-0.3, -0.25) is 0 Å². The maximum atomic E-state index is 13.1. The molecule has 0 amide bonds. The Kier molecular flexibility index (Phi) is 5.09. The summed E-state index contributed by atoms with van der Waals surface area (Å²) < 4.78 is 25.9. The zero-order valence-corrected chi connectivity index (χ0v) is 12.8. The van der Waals surface area contributed by atoms with Crippen LogP contribution < -0.4 is 10.6 Å². The van der Waals surface area contributed by atoms with Crippen LogP contribution in [0.5, 0.6) is 0 Å². The van der Waals surface area contributed by atoms with Gasteiger partial charge in [0, 0.05) is 17.3 Å². The second-order valence-electron chi connectivity index (χ2n) is 4.52. The van der Waals surface area contributed by atoms with Gasteiger partial charge in [-0.1, -0.05) is 17.7 Å². The first-order valence-corrected chi connectivity index (χ1v) is 6.99. The highest BCUT2D eigenvalue weighted by molar-refractivity contribution is 7.80. The summed E-state index contributed by atoms with van der Waals surface area (Å²) in [5.41, 5.74) is 2.40. The van der Waals surface area contributed by atoms with Crippen LogP contribution in [0, 0.1) is 18.6 Å². The zero-order valence-electron chi connectivity index (χ0n) is 11.2. The summed E-state index contributed by atoms with van der Waals surface area (Å²) in [4.78, 5) is 0. The summed E-state index contributed by atoms with van der Waals surface area (Å²) in [7, 11) is 0. The molecule has 0 atom stereocenters. The van der Waals surface area contributed by atoms with E-state index in [1.165, 1.54) is 6.07 Å². The lowest BCUT2D eigenvalue weighted by atomic mass is 10.2. The van der Waals surface area contributed by atoms with Gasteiger partial charge in [0.2, 0.25) is 0 Å². The Morgan fingerprint density at radius 2 is 1.90 bits per heavy atom. The highest BCUT2D eigenvalue weighted by Crippen LogP contribution is 2.19. The first-order valence-electron chi connectivity index (χ1n) is 6.20. The lowest BCUT2D eigenvalue weighted by Gasteiger charge is -2.13. The molecule has 0 saturated carbocycles. The van der Waals surface area contributed by atoms with Gasteiger partial charge in [0.05, 0.1) is 0 Å². The molecule has 2 aromatic rings. The summed E-state index contributed by atoms with van der Waals surface area (Å²) >= 11 is 11.0. The van der Waals surface area contributed by atoms with Crippen molar-refractivity contribution in [1.29, 1.82) is 0 Å². The smallest absolute Gasteiger partial charge is 0.171 e. The topological polar surface area (TPSA) is 24.1 Å². The minimum absolute atomic E-state index is 0.301. The molecule has 0 saturated heterocycles. The molecule has 2 N–H and O–H groups in total. The molecule has 110 valence electrons. The van der Waals surface area contributed by atoms with Gasteiger partial charge in [-0.15, -0.1) is 0 Å². The fraction of sp³-hybridized carbons (Fsp3) is 0.133. The van der Waals surface area contributed by atoms with Gasteiger partial charge >= 0.3 is 0 Å².